The van der Waals surface area contributed by atoms with Crippen LogP contribution >= 0.6 is 0 Å². The average molecular weight is 251 g/mol. The normalized spacial score (nSPS) is 15.6. The van der Waals surface area contributed by atoms with Crippen molar-refractivity contribution in [1.29, 1.82) is 0 Å². The van der Waals surface area contributed by atoms with E-state index in [2.05, 4.69) is 5.32 Å². The number of piperazine rings is 1. The molecule has 0 unspecified atom stereocenters. The number of benzene rings is 1. The van der Waals surface area contributed by atoms with Gasteiger partial charge in [0, 0.05) is 39.8 Å². The Morgan fingerprint density at radius 3 is 2.56 bits per heavy atom. The van der Waals surface area contributed by atoms with Crippen LogP contribution in [0.4, 0.5) is 9.18 Å². The first-order valence-electron chi connectivity index (χ1n) is 6.12. The van der Waals surface area contributed by atoms with Gasteiger partial charge in [0.05, 0.1) is 0 Å². The molecule has 1 aromatic rings. The second kappa shape index (κ2) is 5.82. The zero-order chi connectivity index (χ0) is 13.0. The fourth-order valence-corrected chi connectivity index (χ4v) is 2.03. The van der Waals surface area contributed by atoms with Crippen LogP contribution in [0.3, 0.4) is 0 Å². The minimum absolute atomic E-state index is 0.0285. The molecule has 0 aliphatic carbocycles. The fourth-order valence-electron chi connectivity index (χ4n) is 2.03. The van der Waals surface area contributed by atoms with Crippen LogP contribution < -0.4 is 5.32 Å². The molecule has 98 valence electrons. The van der Waals surface area contributed by atoms with E-state index in [0.717, 1.165) is 31.7 Å². The molecule has 1 heterocycles. The standard InChI is InChI=1S/C13H18FN3O/c1-16(10-11-2-4-12(14)5-3-11)13(18)17-8-6-15-7-9-17/h2-5,15H,6-10H2,1H3. The Balaban J connectivity index is 1.92. The van der Waals surface area contributed by atoms with Gasteiger partial charge < -0.3 is 15.1 Å². The van der Waals surface area contributed by atoms with E-state index in [1.807, 2.05) is 4.90 Å². The SMILES string of the molecule is CN(Cc1ccc(F)cc1)C(=O)N1CCNCC1. The summed E-state index contributed by atoms with van der Waals surface area (Å²) in [4.78, 5) is 15.6. The number of nitrogens with zero attached hydrogens (tertiary/aromatic N) is 2. The molecule has 1 aliphatic heterocycles. The van der Waals surface area contributed by atoms with E-state index < -0.39 is 0 Å². The summed E-state index contributed by atoms with van der Waals surface area (Å²) in [5, 5.41) is 3.21. The van der Waals surface area contributed by atoms with Gasteiger partial charge in [-0.25, -0.2) is 9.18 Å². The lowest BCUT2D eigenvalue weighted by atomic mass is 10.2. The zero-order valence-electron chi connectivity index (χ0n) is 10.5. The smallest absolute Gasteiger partial charge is 0.320 e. The second-order valence-corrected chi connectivity index (χ2v) is 4.50. The molecule has 18 heavy (non-hydrogen) atoms. The molecular formula is C13H18FN3O. The van der Waals surface area contributed by atoms with Gasteiger partial charge in [-0.1, -0.05) is 12.1 Å². The molecule has 1 saturated heterocycles. The van der Waals surface area contributed by atoms with Crippen LogP contribution in [0.2, 0.25) is 0 Å². The van der Waals surface area contributed by atoms with Crippen molar-refractivity contribution in [3.8, 4) is 0 Å². The maximum atomic E-state index is 12.8. The van der Waals surface area contributed by atoms with Crippen LogP contribution in [0, 0.1) is 5.82 Å². The van der Waals surface area contributed by atoms with E-state index in [9.17, 15) is 9.18 Å². The van der Waals surface area contributed by atoms with Gasteiger partial charge in [-0.05, 0) is 17.7 Å². The lowest BCUT2D eigenvalue weighted by molar-refractivity contribution is 0.154. The Morgan fingerprint density at radius 1 is 1.33 bits per heavy atom. The van der Waals surface area contributed by atoms with Gasteiger partial charge in [0.2, 0.25) is 0 Å². The molecule has 0 spiro atoms. The molecule has 0 atom stereocenters. The second-order valence-electron chi connectivity index (χ2n) is 4.50. The first-order valence-corrected chi connectivity index (χ1v) is 6.12. The van der Waals surface area contributed by atoms with Crippen molar-refractivity contribution in [3.63, 3.8) is 0 Å². The number of hydrogen-bond donors (Lipinski definition) is 1. The highest BCUT2D eigenvalue weighted by Crippen LogP contribution is 2.08. The Kier molecular flexibility index (Phi) is 4.15. The summed E-state index contributed by atoms with van der Waals surface area (Å²) < 4.78 is 12.8. The molecule has 0 bridgehead atoms. The molecule has 2 amide bonds. The van der Waals surface area contributed by atoms with Crippen LogP contribution in [-0.4, -0.2) is 49.1 Å². The minimum atomic E-state index is -0.255. The van der Waals surface area contributed by atoms with Crippen LogP contribution in [0.1, 0.15) is 5.56 Å². The van der Waals surface area contributed by atoms with Gasteiger partial charge in [-0.2, -0.15) is 0 Å². The molecule has 5 heteroatoms. The predicted molar refractivity (Wildman–Crippen MR) is 67.7 cm³/mol. The Labute approximate surface area is 106 Å². The van der Waals surface area contributed by atoms with Gasteiger partial charge in [-0.15, -0.1) is 0 Å². The molecule has 0 saturated carbocycles. The molecule has 1 N–H and O–H groups in total. The van der Waals surface area contributed by atoms with Crippen LogP contribution in [0.25, 0.3) is 0 Å². The zero-order valence-corrected chi connectivity index (χ0v) is 10.5. The molecule has 2 rings (SSSR count). The van der Waals surface area contributed by atoms with Gasteiger partial charge in [0.1, 0.15) is 5.82 Å². The summed E-state index contributed by atoms with van der Waals surface area (Å²) in [6.07, 6.45) is 0. The number of nitrogens with one attached hydrogen (secondary N) is 1. The van der Waals surface area contributed by atoms with Crippen molar-refractivity contribution >= 4 is 6.03 Å². The van der Waals surface area contributed by atoms with E-state index in [-0.39, 0.29) is 11.8 Å². The maximum Gasteiger partial charge on any atom is 0.320 e. The van der Waals surface area contributed by atoms with Gasteiger partial charge in [0.25, 0.3) is 0 Å². The third-order valence-electron chi connectivity index (χ3n) is 3.05. The molecule has 0 radical (unpaired) electrons. The van der Waals surface area contributed by atoms with Crippen molar-refractivity contribution in [2.75, 3.05) is 33.2 Å². The summed E-state index contributed by atoms with van der Waals surface area (Å²) in [7, 11) is 1.77. The molecular weight excluding hydrogens is 233 g/mol. The quantitative estimate of drug-likeness (QED) is 0.859. The molecule has 1 fully saturated rings. The van der Waals surface area contributed by atoms with E-state index in [4.69, 9.17) is 0 Å². The number of amides is 2. The number of rotatable bonds is 2. The van der Waals surface area contributed by atoms with Gasteiger partial charge in [0.15, 0.2) is 0 Å². The summed E-state index contributed by atoms with van der Waals surface area (Å²) in [6.45, 7) is 3.68. The van der Waals surface area contributed by atoms with Crippen LogP contribution in [-0.2, 0) is 6.54 Å². The number of carbonyl (C=O) groups excluding carboxylic acids is 1. The first-order chi connectivity index (χ1) is 8.66. The highest BCUT2D eigenvalue weighted by atomic mass is 19.1. The van der Waals surface area contributed by atoms with Gasteiger partial charge >= 0.3 is 6.03 Å². The highest BCUT2D eigenvalue weighted by molar-refractivity contribution is 5.74. The molecule has 4 nitrogen and oxygen atoms in total. The summed E-state index contributed by atoms with van der Waals surface area (Å²) >= 11 is 0. The lowest BCUT2D eigenvalue weighted by Crippen LogP contribution is -2.50. The summed E-state index contributed by atoms with van der Waals surface area (Å²) in [5.74, 6) is -0.255. The number of carbonyl (C=O) groups is 1. The minimum Gasteiger partial charge on any atom is -0.323 e. The topological polar surface area (TPSA) is 35.6 Å². The Morgan fingerprint density at radius 2 is 1.94 bits per heavy atom. The third kappa shape index (κ3) is 3.20. The molecule has 1 aliphatic rings. The number of halogens is 1. The molecule has 1 aromatic carbocycles. The highest BCUT2D eigenvalue weighted by Gasteiger charge is 2.19. The van der Waals surface area contributed by atoms with Crippen molar-refractivity contribution in [3.05, 3.63) is 35.6 Å². The van der Waals surface area contributed by atoms with Crippen molar-refractivity contribution < 1.29 is 9.18 Å². The predicted octanol–water partition coefficient (Wildman–Crippen LogP) is 1.28. The van der Waals surface area contributed by atoms with Gasteiger partial charge in [-0.3, -0.25) is 0 Å². The van der Waals surface area contributed by atoms with Crippen molar-refractivity contribution in [1.82, 2.24) is 15.1 Å². The van der Waals surface area contributed by atoms with E-state index in [1.54, 1.807) is 24.1 Å². The average Bonchev–Trinajstić information content (AvgIpc) is 2.41. The largest absolute Gasteiger partial charge is 0.323 e. The van der Waals surface area contributed by atoms with Crippen LogP contribution in [0.5, 0.6) is 0 Å². The summed E-state index contributed by atoms with van der Waals surface area (Å²) in [6, 6.07) is 6.27. The Hall–Kier alpha value is -1.62. The monoisotopic (exact) mass is 251 g/mol. The third-order valence-corrected chi connectivity index (χ3v) is 3.05. The van der Waals surface area contributed by atoms with Crippen LogP contribution in [0.15, 0.2) is 24.3 Å². The first kappa shape index (κ1) is 12.8. The van der Waals surface area contributed by atoms with E-state index in [1.165, 1.54) is 12.1 Å². The maximum absolute atomic E-state index is 12.8. The number of hydrogen-bond acceptors (Lipinski definition) is 2. The van der Waals surface area contributed by atoms with E-state index in [0.29, 0.717) is 6.54 Å². The summed E-state index contributed by atoms with van der Waals surface area (Å²) in [5.41, 5.74) is 0.933. The molecule has 0 aromatic heterocycles. The Bertz CT molecular complexity index is 401. The number of urea groups is 1. The fraction of sp³-hybridized carbons (Fsp3) is 0.462. The lowest BCUT2D eigenvalue weighted by Gasteiger charge is -2.31. The van der Waals surface area contributed by atoms with Crippen molar-refractivity contribution in [2.24, 2.45) is 0 Å². The van der Waals surface area contributed by atoms with Crippen molar-refractivity contribution in [2.45, 2.75) is 6.54 Å². The van der Waals surface area contributed by atoms with E-state index >= 15 is 0 Å².